The van der Waals surface area contributed by atoms with Crippen molar-refractivity contribution in [3.63, 3.8) is 0 Å². The van der Waals surface area contributed by atoms with Gasteiger partial charge in [-0.25, -0.2) is 0 Å². The van der Waals surface area contributed by atoms with Crippen LogP contribution in [0.4, 0.5) is 5.88 Å². The zero-order valence-electron chi connectivity index (χ0n) is 10.7. The average Bonchev–Trinajstić information content (AvgIpc) is 2.70. The summed E-state index contributed by atoms with van der Waals surface area (Å²) in [7, 11) is 4.02. The molecule has 16 heavy (non-hydrogen) atoms. The monoisotopic (exact) mass is 225 g/mol. The van der Waals surface area contributed by atoms with E-state index in [2.05, 4.69) is 23.6 Å². The molecule has 0 bridgehead atoms. The summed E-state index contributed by atoms with van der Waals surface area (Å²) in [6.07, 6.45) is 0. The van der Waals surface area contributed by atoms with Gasteiger partial charge in [0.1, 0.15) is 5.76 Å². The number of hydrogen-bond acceptors (Lipinski definition) is 4. The summed E-state index contributed by atoms with van der Waals surface area (Å²) in [5.41, 5.74) is 5.74. The van der Waals surface area contributed by atoms with Crippen LogP contribution in [-0.4, -0.2) is 38.6 Å². The minimum atomic E-state index is 0.157. The quantitative estimate of drug-likeness (QED) is 0.800. The molecule has 1 aromatic heterocycles. The molecule has 0 saturated heterocycles. The van der Waals surface area contributed by atoms with Crippen LogP contribution in [-0.2, 0) is 0 Å². The van der Waals surface area contributed by atoms with E-state index < -0.39 is 0 Å². The molecule has 1 rings (SSSR count). The number of likely N-dealkylation sites (N-methyl/N-ethyl adjacent to an activating group) is 1. The summed E-state index contributed by atoms with van der Waals surface area (Å²) in [5, 5.41) is 0. The first kappa shape index (κ1) is 13.1. The van der Waals surface area contributed by atoms with Gasteiger partial charge in [-0.15, -0.1) is 0 Å². The molecule has 4 nitrogen and oxygen atoms in total. The second-order valence-corrected chi connectivity index (χ2v) is 4.06. The van der Waals surface area contributed by atoms with Gasteiger partial charge in [-0.2, -0.15) is 0 Å². The van der Waals surface area contributed by atoms with Gasteiger partial charge in [-0.1, -0.05) is 0 Å². The Kier molecular flexibility index (Phi) is 4.83. The van der Waals surface area contributed by atoms with Crippen LogP contribution < -0.4 is 10.6 Å². The molecule has 0 aromatic carbocycles. The molecule has 1 unspecified atom stereocenters. The summed E-state index contributed by atoms with van der Waals surface area (Å²) in [6.45, 7) is 6.73. The summed E-state index contributed by atoms with van der Waals surface area (Å²) in [6, 6.07) is 4.20. The fourth-order valence-corrected chi connectivity index (χ4v) is 1.81. The summed E-state index contributed by atoms with van der Waals surface area (Å²) in [5.74, 6) is 1.87. The van der Waals surface area contributed by atoms with E-state index in [4.69, 9.17) is 10.2 Å². The van der Waals surface area contributed by atoms with E-state index in [-0.39, 0.29) is 6.04 Å². The van der Waals surface area contributed by atoms with Gasteiger partial charge in [0.15, 0.2) is 5.88 Å². The highest BCUT2D eigenvalue weighted by atomic mass is 16.4. The van der Waals surface area contributed by atoms with Crippen LogP contribution in [0, 0.1) is 0 Å². The van der Waals surface area contributed by atoms with Crippen molar-refractivity contribution in [3.8, 4) is 0 Å². The van der Waals surface area contributed by atoms with E-state index in [1.54, 1.807) is 0 Å². The van der Waals surface area contributed by atoms with E-state index in [0.29, 0.717) is 6.54 Å². The van der Waals surface area contributed by atoms with Gasteiger partial charge in [0.2, 0.25) is 0 Å². The molecule has 4 heteroatoms. The SMILES string of the molecule is CCN(CC)c1ccc(C(CN)N(C)C)o1. The molecule has 0 spiro atoms. The maximum Gasteiger partial charge on any atom is 0.195 e. The normalized spacial score (nSPS) is 13.1. The Morgan fingerprint density at radius 2 is 1.88 bits per heavy atom. The molecule has 1 aromatic rings. The van der Waals surface area contributed by atoms with E-state index in [1.165, 1.54) is 0 Å². The Morgan fingerprint density at radius 3 is 2.31 bits per heavy atom. The first-order valence-electron chi connectivity index (χ1n) is 5.85. The lowest BCUT2D eigenvalue weighted by molar-refractivity contribution is 0.265. The number of hydrogen-bond donors (Lipinski definition) is 1. The van der Waals surface area contributed by atoms with Gasteiger partial charge in [0.05, 0.1) is 6.04 Å². The van der Waals surface area contributed by atoms with Crippen molar-refractivity contribution < 1.29 is 4.42 Å². The molecule has 0 aliphatic heterocycles. The molecule has 2 N–H and O–H groups in total. The Labute approximate surface area is 98.0 Å². The van der Waals surface area contributed by atoms with Crippen molar-refractivity contribution in [2.75, 3.05) is 38.6 Å². The van der Waals surface area contributed by atoms with Crippen molar-refractivity contribution >= 4 is 5.88 Å². The molecule has 92 valence electrons. The molecule has 0 radical (unpaired) electrons. The van der Waals surface area contributed by atoms with Crippen LogP contribution in [0.15, 0.2) is 16.5 Å². The Morgan fingerprint density at radius 1 is 1.25 bits per heavy atom. The van der Waals surface area contributed by atoms with Crippen molar-refractivity contribution in [2.24, 2.45) is 5.73 Å². The third-order valence-corrected chi connectivity index (χ3v) is 2.86. The minimum absolute atomic E-state index is 0.157. The van der Waals surface area contributed by atoms with Crippen LogP contribution in [0.3, 0.4) is 0 Å². The summed E-state index contributed by atoms with van der Waals surface area (Å²) in [4.78, 5) is 4.26. The smallest absolute Gasteiger partial charge is 0.195 e. The Bertz CT molecular complexity index is 305. The van der Waals surface area contributed by atoms with Gasteiger partial charge in [-0.3, -0.25) is 4.90 Å². The van der Waals surface area contributed by atoms with E-state index in [1.807, 2.05) is 26.2 Å². The number of furan rings is 1. The van der Waals surface area contributed by atoms with Gasteiger partial charge in [-0.05, 0) is 34.0 Å². The lowest BCUT2D eigenvalue weighted by Gasteiger charge is -2.21. The molecule has 0 amide bonds. The molecule has 0 fully saturated rings. The molecular formula is C12H23N3O. The standard InChI is InChI=1S/C12H23N3O/c1-5-15(6-2)12-8-7-11(16-12)10(9-13)14(3)4/h7-8,10H,5-6,9,13H2,1-4H3. The highest BCUT2D eigenvalue weighted by molar-refractivity contribution is 5.36. The first-order valence-corrected chi connectivity index (χ1v) is 5.85. The van der Waals surface area contributed by atoms with Gasteiger partial charge < -0.3 is 15.1 Å². The third-order valence-electron chi connectivity index (χ3n) is 2.86. The van der Waals surface area contributed by atoms with E-state index in [0.717, 1.165) is 24.7 Å². The molecule has 1 atom stereocenters. The minimum Gasteiger partial charge on any atom is -0.444 e. The molecule has 0 aliphatic carbocycles. The topological polar surface area (TPSA) is 45.6 Å². The maximum atomic E-state index is 5.85. The molecule has 0 saturated carbocycles. The maximum absolute atomic E-state index is 5.85. The first-order chi connectivity index (χ1) is 7.63. The van der Waals surface area contributed by atoms with E-state index in [9.17, 15) is 0 Å². The lowest BCUT2D eigenvalue weighted by atomic mass is 10.2. The molecule has 1 heterocycles. The van der Waals surface area contributed by atoms with Crippen molar-refractivity contribution in [1.29, 1.82) is 0 Å². The van der Waals surface area contributed by atoms with E-state index >= 15 is 0 Å². The van der Waals surface area contributed by atoms with Gasteiger partial charge in [0, 0.05) is 25.7 Å². The van der Waals surface area contributed by atoms with Crippen LogP contribution in [0.25, 0.3) is 0 Å². The molecule has 0 aliphatic rings. The fraction of sp³-hybridized carbons (Fsp3) is 0.667. The third kappa shape index (κ3) is 2.77. The second kappa shape index (κ2) is 5.92. The average molecular weight is 225 g/mol. The number of nitrogens with zero attached hydrogens (tertiary/aromatic N) is 2. The number of anilines is 1. The van der Waals surface area contributed by atoms with Crippen LogP contribution in [0.2, 0.25) is 0 Å². The summed E-state index contributed by atoms with van der Waals surface area (Å²) >= 11 is 0. The zero-order valence-corrected chi connectivity index (χ0v) is 10.7. The second-order valence-electron chi connectivity index (χ2n) is 4.06. The predicted octanol–water partition coefficient (Wildman–Crippen LogP) is 1.69. The highest BCUT2D eigenvalue weighted by Gasteiger charge is 2.17. The Hall–Kier alpha value is -1.00. The van der Waals surface area contributed by atoms with Crippen LogP contribution in [0.1, 0.15) is 25.6 Å². The summed E-state index contributed by atoms with van der Waals surface area (Å²) < 4.78 is 5.85. The Balaban J connectivity index is 2.84. The van der Waals surface area contributed by atoms with Crippen LogP contribution >= 0.6 is 0 Å². The highest BCUT2D eigenvalue weighted by Crippen LogP contribution is 2.24. The van der Waals surface area contributed by atoms with Crippen LogP contribution in [0.5, 0.6) is 0 Å². The molecular weight excluding hydrogens is 202 g/mol. The van der Waals surface area contributed by atoms with Crippen molar-refractivity contribution in [3.05, 3.63) is 17.9 Å². The zero-order chi connectivity index (χ0) is 12.1. The van der Waals surface area contributed by atoms with Crippen molar-refractivity contribution in [1.82, 2.24) is 4.90 Å². The van der Waals surface area contributed by atoms with Gasteiger partial charge in [0.25, 0.3) is 0 Å². The fourth-order valence-electron chi connectivity index (χ4n) is 1.81. The largest absolute Gasteiger partial charge is 0.444 e. The predicted molar refractivity (Wildman–Crippen MR) is 67.8 cm³/mol. The lowest BCUT2D eigenvalue weighted by Crippen LogP contribution is -2.26. The van der Waals surface area contributed by atoms with Gasteiger partial charge >= 0.3 is 0 Å². The number of rotatable bonds is 6. The number of nitrogens with two attached hydrogens (primary N) is 1. The van der Waals surface area contributed by atoms with Crippen molar-refractivity contribution in [2.45, 2.75) is 19.9 Å².